The Morgan fingerprint density at radius 1 is 0.679 bits per heavy atom. The molecule has 0 aromatic heterocycles. The molecule has 53 heavy (non-hydrogen) atoms. The van der Waals surface area contributed by atoms with Crippen LogP contribution in [0, 0.1) is 0 Å². The molecule has 5 aromatic rings. The minimum atomic E-state index is -4.80. The number of alkyl halides is 3. The second kappa shape index (κ2) is 17.7. The predicted molar refractivity (Wildman–Crippen MR) is 193 cm³/mol. The lowest BCUT2D eigenvalue weighted by Gasteiger charge is -2.52. The lowest BCUT2D eigenvalue weighted by atomic mass is 9.86. The van der Waals surface area contributed by atoms with Crippen LogP contribution in [-0.2, 0) is 55.7 Å². The van der Waals surface area contributed by atoms with Crippen LogP contribution in [-0.4, -0.2) is 49.6 Å². The van der Waals surface area contributed by atoms with Crippen LogP contribution < -0.4 is 4.74 Å². The fourth-order valence-electron chi connectivity index (χ4n) is 6.45. The lowest BCUT2D eigenvalue weighted by molar-refractivity contribution is -0.384. The van der Waals surface area contributed by atoms with Gasteiger partial charge in [-0.25, -0.2) is 0 Å². The quantitative estimate of drug-likeness (QED) is 0.115. The number of aliphatic hydroxyl groups excluding tert-OH is 1. The molecule has 0 aliphatic carbocycles. The van der Waals surface area contributed by atoms with Crippen LogP contribution in [0.25, 0.3) is 0 Å². The van der Waals surface area contributed by atoms with Crippen molar-refractivity contribution in [2.75, 3.05) is 13.7 Å². The maximum Gasteiger partial charge on any atom is 0.573 e. The van der Waals surface area contributed by atoms with Crippen molar-refractivity contribution in [1.29, 1.82) is 0 Å². The summed E-state index contributed by atoms with van der Waals surface area (Å²) >= 11 is 6.72. The maximum absolute atomic E-state index is 12.8. The van der Waals surface area contributed by atoms with Crippen molar-refractivity contribution in [2.45, 2.75) is 62.8 Å². The first-order valence-corrected chi connectivity index (χ1v) is 17.5. The molecule has 1 heterocycles. The van der Waals surface area contributed by atoms with E-state index in [1.54, 1.807) is 24.3 Å². The Balaban J connectivity index is 1.39. The first-order valence-electron chi connectivity index (χ1n) is 17.1. The van der Waals surface area contributed by atoms with Gasteiger partial charge in [0.15, 0.2) is 0 Å². The van der Waals surface area contributed by atoms with Crippen LogP contribution in [0.15, 0.2) is 133 Å². The first kappa shape index (κ1) is 38.5. The second-order valence-corrected chi connectivity index (χ2v) is 13.0. The Morgan fingerprint density at radius 2 is 1.21 bits per heavy atom. The summed E-state index contributed by atoms with van der Waals surface area (Å²) in [5, 5.41) is 11.3. The van der Waals surface area contributed by atoms with E-state index in [9.17, 15) is 18.3 Å². The highest BCUT2D eigenvalue weighted by Crippen LogP contribution is 2.44. The van der Waals surface area contributed by atoms with Crippen LogP contribution in [0.3, 0.4) is 0 Å². The third kappa shape index (κ3) is 9.84. The van der Waals surface area contributed by atoms with Gasteiger partial charge in [-0.2, -0.15) is 0 Å². The predicted octanol–water partition coefficient (Wildman–Crippen LogP) is 8.78. The third-order valence-electron chi connectivity index (χ3n) is 9.02. The summed E-state index contributed by atoms with van der Waals surface area (Å²) < 4.78 is 75.5. The molecule has 0 saturated carbocycles. The molecule has 0 spiro atoms. The van der Waals surface area contributed by atoms with Gasteiger partial charge in [0.05, 0.1) is 26.4 Å². The van der Waals surface area contributed by atoms with E-state index in [-0.39, 0.29) is 32.0 Å². The summed E-state index contributed by atoms with van der Waals surface area (Å²) in [6, 6.07) is 39.9. The third-order valence-corrected chi connectivity index (χ3v) is 9.38. The van der Waals surface area contributed by atoms with Crippen molar-refractivity contribution in [3.63, 3.8) is 0 Å². The van der Waals surface area contributed by atoms with Crippen LogP contribution in [0.1, 0.15) is 33.4 Å². The summed E-state index contributed by atoms with van der Waals surface area (Å²) in [7, 11) is 1.50. The molecule has 1 saturated heterocycles. The van der Waals surface area contributed by atoms with Gasteiger partial charge in [0.25, 0.3) is 0 Å². The van der Waals surface area contributed by atoms with Gasteiger partial charge in [-0.05, 0) is 58.5 Å². The smallest absolute Gasteiger partial charge is 0.406 e. The van der Waals surface area contributed by atoms with Gasteiger partial charge in [0.2, 0.25) is 5.79 Å². The number of benzene rings is 5. The average molecular weight is 749 g/mol. The fourth-order valence-corrected chi connectivity index (χ4v) is 6.64. The van der Waals surface area contributed by atoms with Gasteiger partial charge in [0, 0.05) is 17.7 Å². The summed E-state index contributed by atoms with van der Waals surface area (Å²) in [6.45, 7) is 0.181. The normalized spacial score (nSPS) is 21.7. The molecule has 5 aromatic carbocycles. The molecule has 1 aliphatic rings. The number of methoxy groups -OCH3 is 1. The van der Waals surface area contributed by atoms with E-state index in [0.717, 1.165) is 16.7 Å². The van der Waals surface area contributed by atoms with Crippen molar-refractivity contribution >= 4 is 11.6 Å². The molecule has 0 radical (unpaired) electrons. The number of hydrogen-bond acceptors (Lipinski definition) is 7. The van der Waals surface area contributed by atoms with Crippen LogP contribution in [0.4, 0.5) is 13.2 Å². The number of hydrogen-bond donors (Lipinski definition) is 1. The highest BCUT2D eigenvalue weighted by molar-refractivity contribution is 6.31. The van der Waals surface area contributed by atoms with Crippen molar-refractivity contribution in [3.05, 3.63) is 172 Å². The zero-order valence-corrected chi connectivity index (χ0v) is 29.7. The Hall–Kier alpha value is -4.26. The molecule has 1 unspecified atom stereocenters. The van der Waals surface area contributed by atoms with E-state index >= 15 is 0 Å². The van der Waals surface area contributed by atoms with Crippen LogP contribution in [0.2, 0.25) is 5.02 Å². The molecule has 1 N–H and O–H groups in total. The van der Waals surface area contributed by atoms with Gasteiger partial charge >= 0.3 is 6.36 Å². The summed E-state index contributed by atoms with van der Waals surface area (Å²) in [5.74, 6) is -1.96. The Labute approximate surface area is 311 Å². The average Bonchev–Trinajstić information content (AvgIpc) is 3.17. The summed E-state index contributed by atoms with van der Waals surface area (Å²) in [4.78, 5) is 0. The standard InChI is InChI=1S/C42H40ClF3O7/c1-48-41(34-19-22-36(43)33(24-34)23-29-17-20-35(21-18-29)52-42(44,45)46)40(51-28-32-15-9-4-10-16-32)39(50-27-31-13-7-3-8-14-31)38(37(25-47)53-41)49-26-30-11-5-2-6-12-30/h2-22,24,37-40,47H,23,25-28H2,1H3/t37?,38-,39-,40+,41-/m0/s1. The zero-order valence-electron chi connectivity index (χ0n) is 29.0. The molecule has 5 atom stereocenters. The van der Waals surface area contributed by atoms with E-state index in [0.29, 0.717) is 21.7 Å². The Bertz CT molecular complexity index is 1860. The van der Waals surface area contributed by atoms with Crippen molar-refractivity contribution < 1.29 is 46.7 Å². The van der Waals surface area contributed by atoms with E-state index < -0.39 is 43.2 Å². The largest absolute Gasteiger partial charge is 0.573 e. The minimum Gasteiger partial charge on any atom is -0.406 e. The molecular weight excluding hydrogens is 709 g/mol. The van der Waals surface area contributed by atoms with Crippen molar-refractivity contribution in [3.8, 4) is 5.75 Å². The van der Waals surface area contributed by atoms with Crippen molar-refractivity contribution in [2.24, 2.45) is 0 Å². The summed E-state index contributed by atoms with van der Waals surface area (Å²) in [6.07, 6.45) is -8.02. The maximum atomic E-state index is 12.8. The molecular formula is C42H40ClF3O7. The molecule has 0 bridgehead atoms. The molecule has 278 valence electrons. The van der Waals surface area contributed by atoms with E-state index in [2.05, 4.69) is 4.74 Å². The number of halogens is 4. The van der Waals surface area contributed by atoms with Gasteiger partial charge in [-0.3, -0.25) is 0 Å². The molecule has 1 aliphatic heterocycles. The number of aliphatic hydroxyl groups is 1. The monoisotopic (exact) mass is 748 g/mol. The van der Waals surface area contributed by atoms with Gasteiger partial charge in [-0.15, -0.1) is 13.2 Å². The van der Waals surface area contributed by atoms with Gasteiger partial charge in [-0.1, -0.05) is 121 Å². The number of rotatable bonds is 15. The zero-order chi connectivity index (χ0) is 37.3. The second-order valence-electron chi connectivity index (χ2n) is 12.6. The topological polar surface area (TPSA) is 75.6 Å². The Morgan fingerprint density at radius 3 is 1.72 bits per heavy atom. The van der Waals surface area contributed by atoms with Crippen LogP contribution in [0.5, 0.6) is 5.75 Å². The van der Waals surface area contributed by atoms with E-state index in [1.165, 1.54) is 19.2 Å². The molecule has 7 nitrogen and oxygen atoms in total. The molecule has 0 amide bonds. The lowest BCUT2D eigenvalue weighted by Crippen LogP contribution is -2.66. The summed E-state index contributed by atoms with van der Waals surface area (Å²) in [5.41, 5.74) is 4.63. The van der Waals surface area contributed by atoms with E-state index in [4.69, 9.17) is 35.3 Å². The van der Waals surface area contributed by atoms with Gasteiger partial charge < -0.3 is 33.5 Å². The van der Waals surface area contributed by atoms with E-state index in [1.807, 2.05) is 97.1 Å². The minimum absolute atomic E-state index is 0.174. The molecule has 11 heteroatoms. The number of ether oxygens (including phenoxy) is 6. The SMILES string of the molecule is CO[C@@]1(c2ccc(Cl)c(Cc3ccc(OC(F)(F)F)cc3)c2)OC(CO)[C@H](OCc2ccccc2)[C@H](OCc2ccccc2)[C@H]1OCc1ccccc1. The van der Waals surface area contributed by atoms with Gasteiger partial charge in [0.1, 0.15) is 30.2 Å². The Kier molecular flexibility index (Phi) is 12.9. The first-order chi connectivity index (χ1) is 25.7. The molecule has 1 fully saturated rings. The highest BCUT2D eigenvalue weighted by atomic mass is 35.5. The van der Waals surface area contributed by atoms with Crippen molar-refractivity contribution in [1.82, 2.24) is 0 Å². The highest BCUT2D eigenvalue weighted by Gasteiger charge is 2.58. The van der Waals surface area contributed by atoms with Crippen LogP contribution >= 0.6 is 11.6 Å². The molecule has 6 rings (SSSR count). The fraction of sp³-hybridized carbons (Fsp3) is 0.286.